The number of methoxy groups -OCH3 is 1. The van der Waals surface area contributed by atoms with Crippen molar-refractivity contribution in [2.24, 2.45) is 5.92 Å². The smallest absolute Gasteiger partial charge is 0.332 e. The maximum absolute atomic E-state index is 13.4. The first kappa shape index (κ1) is 18.1. The minimum absolute atomic E-state index is 0.268. The maximum Gasteiger partial charge on any atom is 0.332 e. The van der Waals surface area contributed by atoms with Crippen molar-refractivity contribution < 1.29 is 18.4 Å². The molecule has 2 aromatic rings. The number of piperidine rings is 1. The lowest BCUT2D eigenvalue weighted by molar-refractivity contribution is -0.153. The first-order chi connectivity index (χ1) is 15.7. The number of anilines is 1. The fourth-order valence-electron chi connectivity index (χ4n) is 4.50. The zero-order valence-electron chi connectivity index (χ0n) is 20.7. The molecule has 2 aromatic carbocycles. The Bertz CT molecular complexity index is 937. The molecule has 1 aliphatic heterocycles. The predicted octanol–water partition coefficient (Wildman–Crippen LogP) is 3.93. The van der Waals surface area contributed by atoms with E-state index in [1.165, 1.54) is 17.6 Å². The molecule has 5 nitrogen and oxygen atoms in total. The average Bonchev–Trinajstić information content (AvgIpc) is 2.79. The number of hydrogen-bond acceptors (Lipinski definition) is 4. The van der Waals surface area contributed by atoms with Gasteiger partial charge in [0.1, 0.15) is 5.54 Å². The van der Waals surface area contributed by atoms with Gasteiger partial charge in [0.2, 0.25) is 5.91 Å². The highest BCUT2D eigenvalue weighted by Gasteiger charge is 2.54. The summed E-state index contributed by atoms with van der Waals surface area (Å²) in [5.74, 6) is -1.38. The number of ether oxygens (including phenoxy) is 1. The minimum Gasteiger partial charge on any atom is -0.467 e. The molecular weight excluding hydrogens is 376 g/mol. The third-order valence-electron chi connectivity index (χ3n) is 6.07. The van der Waals surface area contributed by atoms with Crippen LogP contribution >= 0.6 is 0 Å². The molecular formula is C25H32N2O3. The fraction of sp³-hybridized carbons (Fsp3) is 0.440. The van der Waals surface area contributed by atoms with Crippen LogP contribution < -0.4 is 4.90 Å². The van der Waals surface area contributed by atoms with Crippen LogP contribution in [0.3, 0.4) is 0 Å². The monoisotopic (exact) mass is 411 g/mol. The predicted molar refractivity (Wildman–Crippen MR) is 119 cm³/mol. The number of amides is 1. The number of para-hydroxylation sites is 1. The van der Waals surface area contributed by atoms with E-state index >= 15 is 0 Å². The van der Waals surface area contributed by atoms with Gasteiger partial charge in [-0.05, 0) is 30.5 Å². The van der Waals surface area contributed by atoms with Gasteiger partial charge in [-0.1, -0.05) is 62.3 Å². The highest BCUT2D eigenvalue weighted by atomic mass is 16.5. The summed E-state index contributed by atoms with van der Waals surface area (Å²) in [7, 11) is 1.32. The molecule has 3 rings (SSSR count). The molecule has 160 valence electrons. The Morgan fingerprint density at radius 1 is 1.17 bits per heavy atom. The van der Waals surface area contributed by atoms with Crippen LogP contribution in [0.1, 0.15) is 36.3 Å². The SMILES string of the molecule is [2H]C([2H])([2H])CC(=O)N(c1ccccc1)[C@]1(C(=O)OC)CCN(CCc2ccccc2)C[C@@H]1C. The zero-order valence-corrected chi connectivity index (χ0v) is 17.7. The number of benzene rings is 2. The van der Waals surface area contributed by atoms with Crippen LogP contribution in [0.4, 0.5) is 5.69 Å². The van der Waals surface area contributed by atoms with Gasteiger partial charge in [0.05, 0.1) is 7.11 Å². The third kappa shape index (κ3) is 4.41. The highest BCUT2D eigenvalue weighted by Crippen LogP contribution is 2.39. The van der Waals surface area contributed by atoms with Crippen molar-refractivity contribution in [3.05, 3.63) is 66.2 Å². The molecule has 5 heteroatoms. The zero-order chi connectivity index (χ0) is 24.1. The van der Waals surface area contributed by atoms with Gasteiger partial charge < -0.3 is 9.64 Å². The van der Waals surface area contributed by atoms with Crippen molar-refractivity contribution in [1.29, 1.82) is 0 Å². The Morgan fingerprint density at radius 2 is 1.83 bits per heavy atom. The van der Waals surface area contributed by atoms with E-state index in [9.17, 15) is 9.59 Å². The molecule has 1 heterocycles. The summed E-state index contributed by atoms with van der Waals surface area (Å²) in [5.41, 5.74) is 0.470. The molecule has 0 bridgehead atoms. The van der Waals surface area contributed by atoms with E-state index in [0.29, 0.717) is 25.2 Å². The number of hydrogen-bond donors (Lipinski definition) is 0. The molecule has 30 heavy (non-hydrogen) atoms. The number of carbonyl (C=O) groups is 2. The molecule has 1 amide bonds. The van der Waals surface area contributed by atoms with Gasteiger partial charge in [0.25, 0.3) is 0 Å². The van der Waals surface area contributed by atoms with Crippen molar-refractivity contribution >= 4 is 17.6 Å². The largest absolute Gasteiger partial charge is 0.467 e. The van der Waals surface area contributed by atoms with Crippen LogP contribution in [0.15, 0.2) is 60.7 Å². The van der Waals surface area contributed by atoms with Crippen molar-refractivity contribution in [3.8, 4) is 0 Å². The van der Waals surface area contributed by atoms with Crippen molar-refractivity contribution in [2.75, 3.05) is 31.6 Å². The second-order valence-electron chi connectivity index (χ2n) is 7.84. The van der Waals surface area contributed by atoms with E-state index in [1.807, 2.05) is 31.2 Å². The van der Waals surface area contributed by atoms with Gasteiger partial charge in [-0.2, -0.15) is 0 Å². The minimum atomic E-state index is -2.44. The first-order valence-electron chi connectivity index (χ1n) is 11.9. The Kier molecular flexibility index (Phi) is 5.98. The quantitative estimate of drug-likeness (QED) is 0.648. The lowest BCUT2D eigenvalue weighted by Crippen LogP contribution is -2.67. The Balaban J connectivity index is 1.91. The normalized spacial score (nSPS) is 23.7. The summed E-state index contributed by atoms with van der Waals surface area (Å²) in [6.45, 7) is 1.51. The van der Waals surface area contributed by atoms with Crippen LogP contribution in [0.5, 0.6) is 0 Å². The summed E-state index contributed by atoms with van der Waals surface area (Å²) < 4.78 is 28.1. The molecule has 0 radical (unpaired) electrons. The van der Waals surface area contributed by atoms with Crippen LogP contribution in [0.2, 0.25) is 0 Å². The number of likely N-dealkylation sites (tertiary alicyclic amines) is 1. The molecule has 0 aromatic heterocycles. The summed E-state index contributed by atoms with van der Waals surface area (Å²) >= 11 is 0. The van der Waals surface area contributed by atoms with Gasteiger partial charge in [0, 0.05) is 41.8 Å². The molecule has 0 aliphatic carbocycles. The molecule has 0 saturated carbocycles. The second-order valence-corrected chi connectivity index (χ2v) is 7.84. The van der Waals surface area contributed by atoms with Crippen LogP contribution in [0.25, 0.3) is 0 Å². The molecule has 1 aliphatic rings. The number of carbonyl (C=O) groups excluding carboxylic acids is 2. The second kappa shape index (κ2) is 9.90. The van der Waals surface area contributed by atoms with Crippen LogP contribution in [-0.2, 0) is 20.7 Å². The lowest BCUT2D eigenvalue weighted by Gasteiger charge is -2.50. The van der Waals surface area contributed by atoms with Gasteiger partial charge in [-0.15, -0.1) is 0 Å². The van der Waals surface area contributed by atoms with Crippen molar-refractivity contribution in [2.45, 2.75) is 38.6 Å². The first-order valence-corrected chi connectivity index (χ1v) is 10.4. The molecule has 0 spiro atoms. The molecule has 0 unspecified atom stereocenters. The molecule has 0 N–H and O–H groups in total. The molecule has 1 fully saturated rings. The van der Waals surface area contributed by atoms with Crippen molar-refractivity contribution in [3.63, 3.8) is 0 Å². The van der Waals surface area contributed by atoms with Gasteiger partial charge in [0.15, 0.2) is 0 Å². The summed E-state index contributed by atoms with van der Waals surface area (Å²) in [6.07, 6.45) is 0.599. The van der Waals surface area contributed by atoms with E-state index in [4.69, 9.17) is 8.85 Å². The molecule has 1 saturated heterocycles. The highest BCUT2D eigenvalue weighted by molar-refractivity contribution is 6.02. The summed E-state index contributed by atoms with van der Waals surface area (Å²) in [6, 6.07) is 19.0. The number of nitrogens with zero attached hydrogens (tertiary/aromatic N) is 2. The number of esters is 1. The van der Waals surface area contributed by atoms with E-state index in [2.05, 4.69) is 17.0 Å². The Morgan fingerprint density at radius 3 is 2.43 bits per heavy atom. The van der Waals surface area contributed by atoms with Gasteiger partial charge in [-0.25, -0.2) is 4.79 Å². The fourth-order valence-corrected chi connectivity index (χ4v) is 4.50. The van der Waals surface area contributed by atoms with E-state index < -0.39 is 30.7 Å². The maximum atomic E-state index is 13.4. The Labute approximate surface area is 183 Å². The van der Waals surface area contributed by atoms with Gasteiger partial charge >= 0.3 is 5.97 Å². The average molecular weight is 412 g/mol. The third-order valence-corrected chi connectivity index (χ3v) is 6.07. The van der Waals surface area contributed by atoms with Gasteiger partial charge in [-0.3, -0.25) is 9.69 Å². The van der Waals surface area contributed by atoms with Crippen molar-refractivity contribution in [1.82, 2.24) is 4.90 Å². The summed E-state index contributed by atoms with van der Waals surface area (Å²) in [5, 5.41) is 0. The van der Waals surface area contributed by atoms with E-state index in [1.54, 1.807) is 24.3 Å². The Hall–Kier alpha value is -2.66. The van der Waals surface area contributed by atoms with Crippen LogP contribution in [-0.4, -0.2) is 49.1 Å². The van der Waals surface area contributed by atoms with E-state index in [0.717, 1.165) is 13.0 Å². The van der Waals surface area contributed by atoms with Crippen LogP contribution in [0, 0.1) is 5.92 Å². The van der Waals surface area contributed by atoms with E-state index in [-0.39, 0.29) is 5.92 Å². The topological polar surface area (TPSA) is 49.9 Å². The molecule has 2 atom stereocenters. The standard InChI is InChI=1S/C25H32N2O3/c1-4-23(28)27(22-13-9-6-10-14-22)25(24(29)30-3)16-18-26(19-20(25)2)17-15-21-11-7-5-8-12-21/h5-14,20H,4,15-19H2,1-3H3/t20-,25+/m0/s1/i1D3. The number of rotatable bonds is 7. The summed E-state index contributed by atoms with van der Waals surface area (Å²) in [4.78, 5) is 30.3. The lowest BCUT2D eigenvalue weighted by atomic mass is 9.76.